The standard InChI is InChI=1S/C15H29N3O/c1-12(2)18(11-13-4-3-8-16-10-13)9-7-15(19)17-14-5-6-14/h12-14,16H,3-11H2,1-2H3,(H,17,19). The lowest BCUT2D eigenvalue weighted by molar-refractivity contribution is -0.121. The minimum absolute atomic E-state index is 0.231. The number of piperidine rings is 1. The predicted molar refractivity (Wildman–Crippen MR) is 78.1 cm³/mol. The van der Waals surface area contributed by atoms with Gasteiger partial charge in [0.2, 0.25) is 5.91 Å². The van der Waals surface area contributed by atoms with Crippen molar-refractivity contribution in [3.05, 3.63) is 0 Å². The van der Waals surface area contributed by atoms with Crippen LogP contribution in [-0.4, -0.2) is 49.1 Å². The van der Waals surface area contributed by atoms with Crippen molar-refractivity contribution in [2.75, 3.05) is 26.2 Å². The van der Waals surface area contributed by atoms with Gasteiger partial charge < -0.3 is 15.5 Å². The fourth-order valence-corrected chi connectivity index (χ4v) is 2.74. The quantitative estimate of drug-likeness (QED) is 0.732. The van der Waals surface area contributed by atoms with E-state index in [0.29, 0.717) is 18.5 Å². The van der Waals surface area contributed by atoms with Crippen LogP contribution in [0, 0.1) is 5.92 Å². The van der Waals surface area contributed by atoms with E-state index < -0.39 is 0 Å². The summed E-state index contributed by atoms with van der Waals surface area (Å²) in [6, 6.07) is 1.01. The van der Waals surface area contributed by atoms with Crippen LogP contribution in [0.25, 0.3) is 0 Å². The van der Waals surface area contributed by atoms with Crippen molar-refractivity contribution in [1.29, 1.82) is 0 Å². The molecule has 0 aromatic heterocycles. The van der Waals surface area contributed by atoms with Gasteiger partial charge in [0.05, 0.1) is 0 Å². The highest BCUT2D eigenvalue weighted by molar-refractivity contribution is 5.76. The first kappa shape index (κ1) is 14.8. The van der Waals surface area contributed by atoms with Gasteiger partial charge in [0, 0.05) is 31.6 Å². The Labute approximate surface area is 117 Å². The van der Waals surface area contributed by atoms with Gasteiger partial charge in [-0.25, -0.2) is 0 Å². The topological polar surface area (TPSA) is 44.4 Å². The second-order valence-electron chi connectivity index (χ2n) is 6.39. The Balaban J connectivity index is 1.69. The number of carbonyl (C=O) groups is 1. The molecule has 0 aromatic rings. The molecular formula is C15H29N3O. The molecule has 1 saturated carbocycles. The predicted octanol–water partition coefficient (Wildman–Crippen LogP) is 1.37. The zero-order valence-corrected chi connectivity index (χ0v) is 12.5. The van der Waals surface area contributed by atoms with Crippen molar-refractivity contribution in [2.24, 2.45) is 5.92 Å². The summed E-state index contributed by atoms with van der Waals surface area (Å²) in [4.78, 5) is 14.2. The number of nitrogens with zero attached hydrogens (tertiary/aromatic N) is 1. The van der Waals surface area contributed by atoms with Crippen LogP contribution in [0.2, 0.25) is 0 Å². The molecule has 1 unspecified atom stereocenters. The maximum absolute atomic E-state index is 11.8. The van der Waals surface area contributed by atoms with Crippen molar-refractivity contribution in [3.63, 3.8) is 0 Å². The van der Waals surface area contributed by atoms with E-state index in [-0.39, 0.29) is 5.91 Å². The van der Waals surface area contributed by atoms with Gasteiger partial charge in [0.15, 0.2) is 0 Å². The second kappa shape index (κ2) is 7.25. The van der Waals surface area contributed by atoms with Crippen LogP contribution >= 0.6 is 0 Å². The summed E-state index contributed by atoms with van der Waals surface area (Å²) in [7, 11) is 0. The summed E-state index contributed by atoms with van der Waals surface area (Å²) in [5.74, 6) is 0.984. The lowest BCUT2D eigenvalue weighted by Gasteiger charge is -2.32. The molecule has 19 heavy (non-hydrogen) atoms. The van der Waals surface area contributed by atoms with Gasteiger partial charge in [0.25, 0.3) is 0 Å². The third-order valence-electron chi connectivity index (χ3n) is 4.19. The Morgan fingerprint density at radius 2 is 2.16 bits per heavy atom. The number of amides is 1. The van der Waals surface area contributed by atoms with E-state index in [4.69, 9.17) is 0 Å². The van der Waals surface area contributed by atoms with Crippen molar-refractivity contribution in [3.8, 4) is 0 Å². The molecule has 1 saturated heterocycles. The van der Waals surface area contributed by atoms with Gasteiger partial charge in [-0.1, -0.05) is 0 Å². The molecule has 1 aliphatic heterocycles. The minimum atomic E-state index is 0.231. The molecule has 4 nitrogen and oxygen atoms in total. The first-order chi connectivity index (χ1) is 9.15. The summed E-state index contributed by atoms with van der Waals surface area (Å²) < 4.78 is 0. The third kappa shape index (κ3) is 5.49. The van der Waals surface area contributed by atoms with Crippen molar-refractivity contribution < 1.29 is 4.79 Å². The van der Waals surface area contributed by atoms with Crippen LogP contribution in [0.15, 0.2) is 0 Å². The lowest BCUT2D eigenvalue weighted by Crippen LogP contribution is -2.42. The molecule has 1 heterocycles. The summed E-state index contributed by atoms with van der Waals surface area (Å²) >= 11 is 0. The molecule has 0 aromatic carbocycles. The Kier molecular flexibility index (Phi) is 5.64. The maximum Gasteiger partial charge on any atom is 0.221 e. The molecule has 2 fully saturated rings. The first-order valence-electron chi connectivity index (χ1n) is 7.89. The van der Waals surface area contributed by atoms with E-state index in [9.17, 15) is 4.79 Å². The van der Waals surface area contributed by atoms with Crippen LogP contribution in [0.5, 0.6) is 0 Å². The Morgan fingerprint density at radius 3 is 2.74 bits per heavy atom. The second-order valence-corrected chi connectivity index (χ2v) is 6.39. The summed E-state index contributed by atoms with van der Waals surface area (Å²) in [5.41, 5.74) is 0. The molecular weight excluding hydrogens is 238 g/mol. The van der Waals surface area contributed by atoms with Crippen molar-refractivity contribution in [2.45, 2.75) is 58.0 Å². The van der Waals surface area contributed by atoms with Crippen LogP contribution in [0.4, 0.5) is 0 Å². The number of hydrogen-bond acceptors (Lipinski definition) is 3. The normalized spacial score (nSPS) is 23.9. The highest BCUT2D eigenvalue weighted by Crippen LogP contribution is 2.19. The van der Waals surface area contributed by atoms with E-state index in [0.717, 1.165) is 25.6 Å². The molecule has 1 amide bonds. The molecule has 0 bridgehead atoms. The van der Waals surface area contributed by atoms with Gasteiger partial charge >= 0.3 is 0 Å². The van der Waals surface area contributed by atoms with Gasteiger partial charge in [0.1, 0.15) is 0 Å². The van der Waals surface area contributed by atoms with E-state index >= 15 is 0 Å². The van der Waals surface area contributed by atoms with Crippen LogP contribution in [0.3, 0.4) is 0 Å². The van der Waals surface area contributed by atoms with E-state index in [1.54, 1.807) is 0 Å². The Morgan fingerprint density at radius 1 is 1.37 bits per heavy atom. The molecule has 0 spiro atoms. The highest BCUT2D eigenvalue weighted by atomic mass is 16.1. The number of rotatable bonds is 7. The van der Waals surface area contributed by atoms with Gasteiger partial charge in [-0.2, -0.15) is 0 Å². The highest BCUT2D eigenvalue weighted by Gasteiger charge is 2.24. The summed E-state index contributed by atoms with van der Waals surface area (Å²) in [5, 5.41) is 6.55. The first-order valence-corrected chi connectivity index (χ1v) is 7.89. The molecule has 4 heteroatoms. The molecule has 2 N–H and O–H groups in total. The Hall–Kier alpha value is -0.610. The maximum atomic E-state index is 11.8. The molecule has 2 aliphatic rings. The minimum Gasteiger partial charge on any atom is -0.353 e. The van der Waals surface area contributed by atoms with Crippen LogP contribution in [-0.2, 0) is 4.79 Å². The average Bonchev–Trinajstić information content (AvgIpc) is 3.19. The third-order valence-corrected chi connectivity index (χ3v) is 4.19. The fraction of sp³-hybridized carbons (Fsp3) is 0.933. The zero-order chi connectivity index (χ0) is 13.7. The van der Waals surface area contributed by atoms with Gasteiger partial charge in [-0.3, -0.25) is 4.79 Å². The zero-order valence-electron chi connectivity index (χ0n) is 12.5. The van der Waals surface area contributed by atoms with Gasteiger partial charge in [-0.05, 0) is 58.5 Å². The molecule has 2 rings (SSSR count). The number of nitrogens with one attached hydrogen (secondary N) is 2. The Bertz CT molecular complexity index is 283. The summed E-state index contributed by atoms with van der Waals surface area (Å²) in [6.07, 6.45) is 5.61. The fourth-order valence-electron chi connectivity index (χ4n) is 2.74. The molecule has 1 aliphatic carbocycles. The number of carbonyl (C=O) groups excluding carboxylic acids is 1. The lowest BCUT2D eigenvalue weighted by atomic mass is 9.98. The molecule has 0 radical (unpaired) electrons. The molecule has 110 valence electrons. The van der Waals surface area contributed by atoms with Crippen molar-refractivity contribution >= 4 is 5.91 Å². The van der Waals surface area contributed by atoms with Crippen molar-refractivity contribution in [1.82, 2.24) is 15.5 Å². The van der Waals surface area contributed by atoms with E-state index in [2.05, 4.69) is 29.4 Å². The monoisotopic (exact) mass is 267 g/mol. The van der Waals surface area contributed by atoms with E-state index in [1.807, 2.05) is 0 Å². The summed E-state index contributed by atoms with van der Waals surface area (Å²) in [6.45, 7) is 8.79. The largest absolute Gasteiger partial charge is 0.353 e. The smallest absolute Gasteiger partial charge is 0.221 e. The van der Waals surface area contributed by atoms with Gasteiger partial charge in [-0.15, -0.1) is 0 Å². The SMILES string of the molecule is CC(C)N(CCC(=O)NC1CC1)CC1CCCNC1. The van der Waals surface area contributed by atoms with Crippen LogP contribution in [0.1, 0.15) is 46.0 Å². The molecule has 1 atom stereocenters. The number of hydrogen-bond donors (Lipinski definition) is 2. The average molecular weight is 267 g/mol. The van der Waals surface area contributed by atoms with Crippen LogP contribution < -0.4 is 10.6 Å². The van der Waals surface area contributed by atoms with E-state index in [1.165, 1.54) is 32.2 Å².